The zero-order valence-electron chi connectivity index (χ0n) is 14.4. The lowest BCUT2D eigenvalue weighted by atomic mass is 10.1. The van der Waals surface area contributed by atoms with E-state index in [1.807, 2.05) is 42.6 Å². The number of hydrogen-bond acceptors (Lipinski definition) is 4. The molecule has 0 radical (unpaired) electrons. The molecule has 0 aliphatic heterocycles. The van der Waals surface area contributed by atoms with E-state index in [9.17, 15) is 14.9 Å². The number of carbonyl (C=O) groups excluding carboxylic acids is 1. The number of methoxy groups -OCH3 is 1. The summed E-state index contributed by atoms with van der Waals surface area (Å²) < 4.78 is 5.16. The molecule has 0 spiro atoms. The van der Waals surface area contributed by atoms with E-state index in [1.54, 1.807) is 6.92 Å². The Bertz CT molecular complexity index is 749. The van der Waals surface area contributed by atoms with Crippen LogP contribution in [0.5, 0.6) is 5.75 Å². The van der Waals surface area contributed by atoms with Crippen molar-refractivity contribution in [3.8, 4) is 5.75 Å². The number of nitrogens with two attached hydrogens (primary N) is 1. The molecule has 0 aromatic heterocycles. The fraction of sp³-hybridized carbons (Fsp3) is 0.278. The van der Waals surface area contributed by atoms with Gasteiger partial charge in [-0.3, -0.25) is 14.9 Å². The molecular formula is C18H22N3O4+. The average Bonchev–Trinajstić information content (AvgIpc) is 2.62. The van der Waals surface area contributed by atoms with Gasteiger partial charge >= 0.3 is 0 Å². The number of carbonyl (C=O) groups is 1. The summed E-state index contributed by atoms with van der Waals surface area (Å²) in [5.74, 6) is 0.129. The molecule has 2 atom stereocenters. The van der Waals surface area contributed by atoms with Crippen LogP contribution in [0.1, 0.15) is 25.5 Å². The third-order valence-corrected chi connectivity index (χ3v) is 3.97. The van der Waals surface area contributed by atoms with Crippen molar-refractivity contribution in [2.24, 2.45) is 0 Å². The Morgan fingerprint density at radius 1 is 1.20 bits per heavy atom. The molecule has 132 valence electrons. The van der Waals surface area contributed by atoms with Gasteiger partial charge in [-0.25, -0.2) is 0 Å². The number of hydrogen-bond donors (Lipinski definition) is 2. The maximum absolute atomic E-state index is 12.5. The van der Waals surface area contributed by atoms with Gasteiger partial charge in [-0.05, 0) is 19.9 Å². The summed E-state index contributed by atoms with van der Waals surface area (Å²) in [4.78, 5) is 22.9. The molecule has 7 heteroatoms. The van der Waals surface area contributed by atoms with Gasteiger partial charge in [0.1, 0.15) is 11.8 Å². The van der Waals surface area contributed by atoms with Crippen molar-refractivity contribution >= 4 is 17.3 Å². The Labute approximate surface area is 146 Å². The van der Waals surface area contributed by atoms with Crippen LogP contribution >= 0.6 is 0 Å². The topological polar surface area (TPSA) is 98.1 Å². The van der Waals surface area contributed by atoms with Crippen molar-refractivity contribution in [1.29, 1.82) is 0 Å². The summed E-state index contributed by atoms with van der Waals surface area (Å²) >= 11 is 0. The minimum Gasteiger partial charge on any atom is -0.495 e. The van der Waals surface area contributed by atoms with Crippen LogP contribution in [0.2, 0.25) is 0 Å². The summed E-state index contributed by atoms with van der Waals surface area (Å²) in [6.45, 7) is 3.81. The molecule has 0 bridgehead atoms. The molecule has 3 N–H and O–H groups in total. The first-order chi connectivity index (χ1) is 11.9. The van der Waals surface area contributed by atoms with E-state index < -0.39 is 4.92 Å². The number of nitrogens with zero attached hydrogens (tertiary/aromatic N) is 1. The van der Waals surface area contributed by atoms with Gasteiger partial charge in [-0.15, -0.1) is 0 Å². The Balaban J connectivity index is 2.08. The van der Waals surface area contributed by atoms with E-state index in [-0.39, 0.29) is 29.4 Å². The van der Waals surface area contributed by atoms with Crippen LogP contribution in [0.4, 0.5) is 11.4 Å². The Morgan fingerprint density at radius 3 is 2.48 bits per heavy atom. The number of nitro groups is 1. The summed E-state index contributed by atoms with van der Waals surface area (Å²) in [5, 5.41) is 15.6. The third-order valence-electron chi connectivity index (χ3n) is 3.97. The van der Waals surface area contributed by atoms with Crippen LogP contribution in [0.3, 0.4) is 0 Å². The van der Waals surface area contributed by atoms with Crippen molar-refractivity contribution in [2.75, 3.05) is 12.4 Å². The average molecular weight is 344 g/mol. The first-order valence-electron chi connectivity index (χ1n) is 7.95. The Kier molecular flexibility index (Phi) is 6.08. The van der Waals surface area contributed by atoms with Gasteiger partial charge in [-0.2, -0.15) is 0 Å². The lowest BCUT2D eigenvalue weighted by Gasteiger charge is -2.17. The number of nitro benzene ring substituents is 1. The molecule has 2 aromatic rings. The number of amides is 1. The predicted molar refractivity (Wildman–Crippen MR) is 94.5 cm³/mol. The normalized spacial score (nSPS) is 12.9. The number of benzene rings is 2. The fourth-order valence-electron chi connectivity index (χ4n) is 2.54. The number of anilines is 1. The highest BCUT2D eigenvalue weighted by Crippen LogP contribution is 2.28. The van der Waals surface area contributed by atoms with Crippen LogP contribution in [0.25, 0.3) is 0 Å². The van der Waals surface area contributed by atoms with Gasteiger partial charge in [0.25, 0.3) is 11.6 Å². The summed E-state index contributed by atoms with van der Waals surface area (Å²) in [6.07, 6.45) is 0. The van der Waals surface area contributed by atoms with E-state index >= 15 is 0 Å². The van der Waals surface area contributed by atoms with Crippen molar-refractivity contribution in [2.45, 2.75) is 25.9 Å². The number of nitrogens with one attached hydrogen (secondary N) is 1. The maximum Gasteiger partial charge on any atom is 0.282 e. The van der Waals surface area contributed by atoms with E-state index in [0.717, 1.165) is 5.56 Å². The predicted octanol–water partition coefficient (Wildman–Crippen LogP) is 2.25. The highest BCUT2D eigenvalue weighted by atomic mass is 16.6. The first-order valence-corrected chi connectivity index (χ1v) is 7.95. The summed E-state index contributed by atoms with van der Waals surface area (Å²) in [7, 11) is 1.45. The molecule has 2 rings (SSSR count). The Morgan fingerprint density at radius 2 is 1.88 bits per heavy atom. The van der Waals surface area contributed by atoms with Gasteiger partial charge in [0.05, 0.1) is 17.7 Å². The van der Waals surface area contributed by atoms with E-state index in [0.29, 0.717) is 5.75 Å². The SMILES string of the molecule is COc1ccc([N+](=O)[O-])cc1NC(=O)[C@@H](C)[NH2+][C@@H](C)c1ccccc1. The molecule has 0 heterocycles. The molecule has 2 aromatic carbocycles. The second-order valence-corrected chi connectivity index (χ2v) is 5.81. The first kappa shape index (κ1) is 18.4. The minimum absolute atomic E-state index is 0.106. The van der Waals surface area contributed by atoms with Gasteiger partial charge in [0.15, 0.2) is 6.04 Å². The second kappa shape index (κ2) is 8.25. The quantitative estimate of drug-likeness (QED) is 0.594. The number of non-ortho nitro benzene ring substituents is 1. The molecule has 1 amide bonds. The number of quaternary nitrogens is 1. The van der Waals surface area contributed by atoms with Crippen molar-refractivity contribution in [1.82, 2.24) is 0 Å². The number of ether oxygens (including phenoxy) is 1. The van der Waals surface area contributed by atoms with Crippen LogP contribution in [0.15, 0.2) is 48.5 Å². The molecule has 0 saturated heterocycles. The largest absolute Gasteiger partial charge is 0.495 e. The fourth-order valence-corrected chi connectivity index (χ4v) is 2.54. The molecular weight excluding hydrogens is 322 g/mol. The zero-order chi connectivity index (χ0) is 18.4. The molecule has 0 aliphatic carbocycles. The van der Waals surface area contributed by atoms with Gasteiger partial charge < -0.3 is 15.4 Å². The lowest BCUT2D eigenvalue weighted by molar-refractivity contribution is -0.709. The monoisotopic (exact) mass is 344 g/mol. The van der Waals surface area contributed by atoms with Gasteiger partial charge in [0, 0.05) is 17.7 Å². The van der Waals surface area contributed by atoms with Gasteiger partial charge in [0.2, 0.25) is 0 Å². The van der Waals surface area contributed by atoms with Crippen LogP contribution in [-0.2, 0) is 4.79 Å². The highest BCUT2D eigenvalue weighted by Gasteiger charge is 2.22. The smallest absolute Gasteiger partial charge is 0.282 e. The molecule has 0 saturated carbocycles. The second-order valence-electron chi connectivity index (χ2n) is 5.81. The maximum atomic E-state index is 12.5. The van der Waals surface area contributed by atoms with Crippen molar-refractivity contribution < 1.29 is 19.8 Å². The van der Waals surface area contributed by atoms with Crippen LogP contribution in [-0.4, -0.2) is 24.0 Å². The van der Waals surface area contributed by atoms with Crippen molar-refractivity contribution in [3.05, 3.63) is 64.2 Å². The van der Waals surface area contributed by atoms with Crippen LogP contribution < -0.4 is 15.4 Å². The molecule has 25 heavy (non-hydrogen) atoms. The van der Waals surface area contributed by atoms with E-state index in [1.165, 1.54) is 25.3 Å². The Hall–Kier alpha value is -2.93. The lowest BCUT2D eigenvalue weighted by Crippen LogP contribution is -2.91. The zero-order valence-corrected chi connectivity index (χ0v) is 14.4. The van der Waals surface area contributed by atoms with E-state index in [4.69, 9.17) is 4.74 Å². The molecule has 7 nitrogen and oxygen atoms in total. The third kappa shape index (κ3) is 4.77. The molecule has 0 unspecified atom stereocenters. The standard InChI is InChI=1S/C18H21N3O4/c1-12(14-7-5-4-6-8-14)19-13(2)18(22)20-16-11-15(21(23)24)9-10-17(16)25-3/h4-13,19H,1-3H3,(H,20,22)/p+1/t12-,13+/m0/s1. The summed E-state index contributed by atoms with van der Waals surface area (Å²) in [5.41, 5.74) is 1.30. The molecule has 0 fully saturated rings. The summed E-state index contributed by atoms with van der Waals surface area (Å²) in [6, 6.07) is 13.7. The number of rotatable bonds is 7. The van der Waals surface area contributed by atoms with Crippen LogP contribution in [0, 0.1) is 10.1 Å². The highest BCUT2D eigenvalue weighted by molar-refractivity contribution is 5.95. The van der Waals surface area contributed by atoms with Crippen molar-refractivity contribution in [3.63, 3.8) is 0 Å². The molecule has 0 aliphatic rings. The van der Waals surface area contributed by atoms with Gasteiger partial charge in [-0.1, -0.05) is 30.3 Å². The van der Waals surface area contributed by atoms with E-state index in [2.05, 4.69) is 5.32 Å². The minimum atomic E-state index is -0.512.